The van der Waals surface area contributed by atoms with E-state index in [9.17, 15) is 9.90 Å². The molecule has 0 unspecified atom stereocenters. The van der Waals surface area contributed by atoms with E-state index in [-0.39, 0.29) is 12.1 Å². The van der Waals surface area contributed by atoms with Crippen molar-refractivity contribution in [1.29, 1.82) is 0 Å². The standard InChI is InChI=1S/C16H30N2O2/c1-11(2)14-6-4-5-7-15(14)17-16(20)18(3)10-12-8-13(19)9-12/h11-15,19H,4-10H2,1-3H3,(H,17,20)/t12?,13?,14-,15+/m0/s1. The van der Waals surface area contributed by atoms with E-state index in [0.717, 1.165) is 25.8 Å². The highest BCUT2D eigenvalue weighted by Crippen LogP contribution is 2.31. The van der Waals surface area contributed by atoms with Crippen molar-refractivity contribution in [2.45, 2.75) is 64.5 Å². The van der Waals surface area contributed by atoms with Crippen LogP contribution >= 0.6 is 0 Å². The number of amides is 2. The van der Waals surface area contributed by atoms with Crippen LogP contribution in [0.2, 0.25) is 0 Å². The van der Waals surface area contributed by atoms with E-state index in [4.69, 9.17) is 0 Å². The molecule has 2 atom stereocenters. The van der Waals surface area contributed by atoms with Crippen LogP contribution < -0.4 is 5.32 Å². The normalized spacial score (nSPS) is 33.6. The molecule has 0 aliphatic heterocycles. The van der Waals surface area contributed by atoms with Crippen molar-refractivity contribution in [3.05, 3.63) is 0 Å². The second-order valence-corrected chi connectivity index (χ2v) is 7.12. The highest BCUT2D eigenvalue weighted by atomic mass is 16.3. The molecule has 2 amide bonds. The van der Waals surface area contributed by atoms with E-state index in [1.807, 2.05) is 7.05 Å². The van der Waals surface area contributed by atoms with E-state index in [1.165, 1.54) is 19.3 Å². The lowest BCUT2D eigenvalue weighted by atomic mass is 9.78. The van der Waals surface area contributed by atoms with Crippen molar-refractivity contribution in [1.82, 2.24) is 10.2 Å². The molecule has 0 bridgehead atoms. The summed E-state index contributed by atoms with van der Waals surface area (Å²) in [7, 11) is 1.87. The van der Waals surface area contributed by atoms with Crippen LogP contribution in [0.1, 0.15) is 52.4 Å². The number of aliphatic hydroxyl groups excluding tert-OH is 1. The van der Waals surface area contributed by atoms with Gasteiger partial charge in [-0.25, -0.2) is 4.79 Å². The Morgan fingerprint density at radius 2 is 1.95 bits per heavy atom. The summed E-state index contributed by atoms with van der Waals surface area (Å²) in [4.78, 5) is 14.1. The SMILES string of the molecule is CC(C)[C@@H]1CCCC[C@H]1NC(=O)N(C)CC1CC(O)C1. The van der Waals surface area contributed by atoms with Crippen LogP contribution in [-0.4, -0.2) is 41.8 Å². The van der Waals surface area contributed by atoms with Crippen molar-refractivity contribution >= 4 is 6.03 Å². The third-order valence-electron chi connectivity index (χ3n) is 5.07. The van der Waals surface area contributed by atoms with Crippen molar-refractivity contribution in [2.75, 3.05) is 13.6 Å². The third kappa shape index (κ3) is 3.87. The monoisotopic (exact) mass is 282 g/mol. The van der Waals surface area contributed by atoms with E-state index in [0.29, 0.717) is 23.8 Å². The minimum Gasteiger partial charge on any atom is -0.393 e. The molecule has 2 aliphatic rings. The average Bonchev–Trinajstić information content (AvgIpc) is 2.37. The van der Waals surface area contributed by atoms with E-state index < -0.39 is 0 Å². The molecule has 0 aromatic rings. The Bertz CT molecular complexity index is 326. The number of hydrogen-bond donors (Lipinski definition) is 2. The predicted octanol–water partition coefficient (Wildman–Crippen LogP) is 2.61. The largest absolute Gasteiger partial charge is 0.393 e. The molecule has 0 aromatic heterocycles. The number of carbonyl (C=O) groups excluding carboxylic acids is 1. The second-order valence-electron chi connectivity index (χ2n) is 7.12. The van der Waals surface area contributed by atoms with Crippen molar-refractivity contribution in [3.8, 4) is 0 Å². The molecule has 20 heavy (non-hydrogen) atoms. The van der Waals surface area contributed by atoms with Gasteiger partial charge >= 0.3 is 6.03 Å². The quantitative estimate of drug-likeness (QED) is 0.833. The molecule has 0 radical (unpaired) electrons. The van der Waals surface area contributed by atoms with Gasteiger partial charge in [-0.1, -0.05) is 26.7 Å². The van der Waals surface area contributed by atoms with Gasteiger partial charge < -0.3 is 15.3 Å². The van der Waals surface area contributed by atoms with Crippen LogP contribution in [0, 0.1) is 17.8 Å². The smallest absolute Gasteiger partial charge is 0.317 e. The molecule has 0 saturated heterocycles. The molecule has 2 rings (SSSR count). The molecule has 0 heterocycles. The molecule has 0 aromatic carbocycles. The maximum absolute atomic E-state index is 12.3. The van der Waals surface area contributed by atoms with Crippen LogP contribution in [0.4, 0.5) is 4.79 Å². The topological polar surface area (TPSA) is 52.6 Å². The Balaban J connectivity index is 1.79. The Morgan fingerprint density at radius 3 is 2.55 bits per heavy atom. The number of nitrogens with one attached hydrogen (secondary N) is 1. The zero-order valence-corrected chi connectivity index (χ0v) is 13.1. The molecule has 4 nitrogen and oxygen atoms in total. The molecule has 2 N–H and O–H groups in total. The van der Waals surface area contributed by atoms with E-state index in [2.05, 4.69) is 19.2 Å². The molecular weight excluding hydrogens is 252 g/mol. The van der Waals surface area contributed by atoms with Gasteiger partial charge in [-0.15, -0.1) is 0 Å². The fraction of sp³-hybridized carbons (Fsp3) is 0.938. The van der Waals surface area contributed by atoms with Gasteiger partial charge in [-0.05, 0) is 43.4 Å². The average molecular weight is 282 g/mol. The van der Waals surface area contributed by atoms with Gasteiger partial charge in [0.25, 0.3) is 0 Å². The Kier molecular flexibility index (Phi) is 5.30. The number of urea groups is 1. The minimum absolute atomic E-state index is 0.0592. The molecule has 0 spiro atoms. The summed E-state index contributed by atoms with van der Waals surface area (Å²) in [5.41, 5.74) is 0. The van der Waals surface area contributed by atoms with Gasteiger partial charge in [0.2, 0.25) is 0 Å². The second kappa shape index (κ2) is 6.79. The van der Waals surface area contributed by atoms with Crippen LogP contribution in [0.25, 0.3) is 0 Å². The van der Waals surface area contributed by atoms with Gasteiger partial charge in [0.1, 0.15) is 0 Å². The lowest BCUT2D eigenvalue weighted by molar-refractivity contribution is 0.0320. The zero-order valence-electron chi connectivity index (χ0n) is 13.1. The first kappa shape index (κ1) is 15.6. The maximum Gasteiger partial charge on any atom is 0.317 e. The highest BCUT2D eigenvalue weighted by Gasteiger charge is 2.32. The van der Waals surface area contributed by atoms with Crippen molar-refractivity contribution in [3.63, 3.8) is 0 Å². The fourth-order valence-corrected chi connectivity index (χ4v) is 3.73. The van der Waals surface area contributed by atoms with Crippen LogP contribution in [0.15, 0.2) is 0 Å². The lowest BCUT2D eigenvalue weighted by Crippen LogP contribution is -2.50. The Hall–Kier alpha value is -0.770. The summed E-state index contributed by atoms with van der Waals surface area (Å²) < 4.78 is 0. The number of nitrogens with zero attached hydrogens (tertiary/aromatic N) is 1. The summed E-state index contributed by atoms with van der Waals surface area (Å²) in [5, 5.41) is 12.5. The first-order valence-corrected chi connectivity index (χ1v) is 8.17. The first-order chi connectivity index (χ1) is 9.47. The molecule has 2 aliphatic carbocycles. The summed E-state index contributed by atoms with van der Waals surface area (Å²) in [6.45, 7) is 5.28. The van der Waals surface area contributed by atoms with Gasteiger partial charge in [-0.3, -0.25) is 0 Å². The summed E-state index contributed by atoms with van der Waals surface area (Å²) in [6.07, 6.45) is 6.43. The van der Waals surface area contributed by atoms with Gasteiger partial charge in [0, 0.05) is 19.6 Å². The molecule has 2 fully saturated rings. The molecule has 116 valence electrons. The van der Waals surface area contributed by atoms with Gasteiger partial charge in [-0.2, -0.15) is 0 Å². The third-order valence-corrected chi connectivity index (χ3v) is 5.07. The summed E-state index contributed by atoms with van der Waals surface area (Å²) in [6, 6.07) is 0.398. The molecule has 4 heteroatoms. The first-order valence-electron chi connectivity index (χ1n) is 8.17. The minimum atomic E-state index is -0.139. The Labute approximate surface area is 122 Å². The van der Waals surface area contributed by atoms with Crippen molar-refractivity contribution < 1.29 is 9.90 Å². The summed E-state index contributed by atoms with van der Waals surface area (Å²) in [5.74, 6) is 1.73. The Morgan fingerprint density at radius 1 is 1.30 bits per heavy atom. The van der Waals surface area contributed by atoms with Crippen LogP contribution in [0.5, 0.6) is 0 Å². The zero-order chi connectivity index (χ0) is 14.7. The fourth-order valence-electron chi connectivity index (χ4n) is 3.73. The number of carbonyl (C=O) groups is 1. The van der Waals surface area contributed by atoms with Crippen molar-refractivity contribution in [2.24, 2.45) is 17.8 Å². The van der Waals surface area contributed by atoms with Gasteiger partial charge in [0.05, 0.1) is 6.10 Å². The highest BCUT2D eigenvalue weighted by molar-refractivity contribution is 5.74. The van der Waals surface area contributed by atoms with E-state index >= 15 is 0 Å². The molecular formula is C16H30N2O2. The number of aliphatic hydroxyl groups is 1. The van der Waals surface area contributed by atoms with Crippen LogP contribution in [0.3, 0.4) is 0 Å². The number of rotatable bonds is 4. The predicted molar refractivity (Wildman–Crippen MR) is 80.5 cm³/mol. The van der Waals surface area contributed by atoms with E-state index in [1.54, 1.807) is 4.90 Å². The van der Waals surface area contributed by atoms with Gasteiger partial charge in [0.15, 0.2) is 0 Å². The summed E-state index contributed by atoms with van der Waals surface area (Å²) >= 11 is 0. The lowest BCUT2D eigenvalue weighted by Gasteiger charge is -2.38. The number of hydrogen-bond acceptors (Lipinski definition) is 2. The maximum atomic E-state index is 12.3. The van der Waals surface area contributed by atoms with Crippen LogP contribution in [-0.2, 0) is 0 Å². The molecule has 2 saturated carbocycles.